The number of halogens is 2. The number of rotatable bonds is 4. The quantitative estimate of drug-likeness (QED) is 0.575. The molecule has 31 heavy (non-hydrogen) atoms. The summed E-state index contributed by atoms with van der Waals surface area (Å²) in [5.41, 5.74) is 0.380. The number of nitrogens with one attached hydrogen (secondary N) is 3. The summed E-state index contributed by atoms with van der Waals surface area (Å²) in [6, 6.07) is 12.6. The minimum absolute atomic E-state index is 0.00481. The van der Waals surface area contributed by atoms with Crippen LogP contribution in [0.1, 0.15) is 29.7 Å². The number of hydrogen-bond acceptors (Lipinski definition) is 4. The summed E-state index contributed by atoms with van der Waals surface area (Å²) < 4.78 is 57.0. The van der Waals surface area contributed by atoms with Crippen LogP contribution in [0, 0.1) is 11.6 Å². The van der Waals surface area contributed by atoms with Crippen molar-refractivity contribution in [3.05, 3.63) is 93.4 Å². The molecule has 1 aromatic heterocycles. The number of hydrogen-bond donors (Lipinski definition) is 3. The zero-order valence-corrected chi connectivity index (χ0v) is 17.1. The molecule has 3 aromatic rings. The van der Waals surface area contributed by atoms with Crippen molar-refractivity contribution in [2.75, 3.05) is 5.32 Å². The number of guanidine groups is 1. The summed E-state index contributed by atoms with van der Waals surface area (Å²) in [4.78, 5) is 18.0. The van der Waals surface area contributed by atoms with Crippen LogP contribution in [0.5, 0.6) is 0 Å². The topological polar surface area (TPSA) is 103 Å². The second kappa shape index (κ2) is 7.95. The third-order valence-corrected chi connectivity index (χ3v) is 6.34. The predicted molar refractivity (Wildman–Crippen MR) is 112 cm³/mol. The molecule has 3 N–H and O–H groups in total. The van der Waals surface area contributed by atoms with E-state index in [4.69, 9.17) is 0 Å². The van der Waals surface area contributed by atoms with Gasteiger partial charge in [0.05, 0.1) is 12.2 Å². The number of benzene rings is 2. The summed E-state index contributed by atoms with van der Waals surface area (Å²) in [6.07, 6.45) is 0. The van der Waals surface area contributed by atoms with Gasteiger partial charge in [-0.05, 0) is 29.8 Å². The molecule has 1 unspecified atom stereocenters. The fourth-order valence-electron chi connectivity index (χ4n) is 3.48. The number of anilines is 1. The lowest BCUT2D eigenvalue weighted by molar-refractivity contribution is 0.577. The van der Waals surface area contributed by atoms with Crippen LogP contribution in [0.3, 0.4) is 0 Å². The molecular weight excluding hydrogens is 426 g/mol. The van der Waals surface area contributed by atoms with Crippen molar-refractivity contribution in [1.82, 2.24) is 9.71 Å². The van der Waals surface area contributed by atoms with Crippen LogP contribution in [0.15, 0.2) is 69.3 Å². The maximum absolute atomic E-state index is 14.9. The Morgan fingerprint density at radius 1 is 1.00 bits per heavy atom. The highest BCUT2D eigenvalue weighted by molar-refractivity contribution is 7.90. The SMILES string of the molecule is CC(c1ccccc1F)c1c(F)ccc2c1NC(=NCc1cccc(=O)[nH]1)NS2(=O)=O. The smallest absolute Gasteiger partial charge is 0.266 e. The van der Waals surface area contributed by atoms with Crippen LogP contribution < -0.4 is 15.6 Å². The normalized spacial score (nSPS) is 16.8. The van der Waals surface area contributed by atoms with E-state index in [0.29, 0.717) is 5.69 Å². The lowest BCUT2D eigenvalue weighted by Gasteiger charge is -2.26. The number of aliphatic imine (C=N–C) groups is 1. The van der Waals surface area contributed by atoms with Gasteiger partial charge in [-0.15, -0.1) is 0 Å². The Hall–Kier alpha value is -3.53. The molecule has 0 amide bonds. The molecule has 10 heteroatoms. The van der Waals surface area contributed by atoms with Gasteiger partial charge >= 0.3 is 0 Å². The molecule has 0 spiro atoms. The van der Waals surface area contributed by atoms with Crippen LogP contribution in [0.4, 0.5) is 14.5 Å². The lowest BCUT2D eigenvalue weighted by atomic mass is 9.91. The standard InChI is InChI=1S/C21H18F2N4O3S/c1-12(14-6-2-3-7-15(14)22)19-16(23)9-10-17-20(19)26-21(27-31(17,29)30)24-11-13-5-4-8-18(28)25-13/h2-10,12H,11H2,1H3,(H,25,28)(H2,24,26,27). The van der Waals surface area contributed by atoms with Gasteiger partial charge in [0.2, 0.25) is 11.5 Å². The van der Waals surface area contributed by atoms with Crippen molar-refractivity contribution in [2.24, 2.45) is 4.99 Å². The fraction of sp³-hybridized carbons (Fsp3) is 0.143. The monoisotopic (exact) mass is 444 g/mol. The van der Waals surface area contributed by atoms with Gasteiger partial charge in [0.25, 0.3) is 10.0 Å². The maximum atomic E-state index is 14.9. The zero-order valence-electron chi connectivity index (χ0n) is 16.3. The fourth-order valence-corrected chi connectivity index (χ4v) is 4.64. The molecule has 7 nitrogen and oxygen atoms in total. The summed E-state index contributed by atoms with van der Waals surface area (Å²) in [5.74, 6) is -2.11. The van der Waals surface area contributed by atoms with E-state index in [9.17, 15) is 22.0 Å². The highest BCUT2D eigenvalue weighted by Crippen LogP contribution is 2.38. The third kappa shape index (κ3) is 4.06. The molecule has 0 radical (unpaired) electrons. The second-order valence-electron chi connectivity index (χ2n) is 7.01. The number of H-pyrrole nitrogens is 1. The summed E-state index contributed by atoms with van der Waals surface area (Å²) in [6.45, 7) is 1.57. The van der Waals surface area contributed by atoms with E-state index in [1.807, 2.05) is 0 Å². The van der Waals surface area contributed by atoms with Crippen LogP contribution in [0.25, 0.3) is 0 Å². The molecule has 0 bridgehead atoms. The first-order valence-electron chi connectivity index (χ1n) is 9.35. The molecule has 4 rings (SSSR count). The lowest BCUT2D eigenvalue weighted by Crippen LogP contribution is -2.41. The van der Waals surface area contributed by atoms with Crippen LogP contribution in [0.2, 0.25) is 0 Å². The Labute approximate surface area is 176 Å². The maximum Gasteiger partial charge on any atom is 0.266 e. The van der Waals surface area contributed by atoms with E-state index in [1.54, 1.807) is 25.1 Å². The molecule has 160 valence electrons. The first-order valence-corrected chi connectivity index (χ1v) is 10.8. The van der Waals surface area contributed by atoms with E-state index < -0.39 is 27.6 Å². The minimum atomic E-state index is -4.04. The van der Waals surface area contributed by atoms with Crippen LogP contribution >= 0.6 is 0 Å². The minimum Gasteiger partial charge on any atom is -0.324 e. The van der Waals surface area contributed by atoms with Gasteiger partial charge in [0.1, 0.15) is 16.5 Å². The second-order valence-corrected chi connectivity index (χ2v) is 8.66. The average molecular weight is 444 g/mol. The number of nitrogens with zero attached hydrogens (tertiary/aromatic N) is 1. The first-order chi connectivity index (χ1) is 14.8. The molecule has 1 aliphatic heterocycles. The van der Waals surface area contributed by atoms with Crippen molar-refractivity contribution < 1.29 is 17.2 Å². The Balaban J connectivity index is 1.78. The zero-order chi connectivity index (χ0) is 22.2. The van der Waals surface area contributed by atoms with Crippen LogP contribution in [-0.2, 0) is 16.6 Å². The molecule has 1 atom stereocenters. The molecule has 0 saturated carbocycles. The van der Waals surface area contributed by atoms with Gasteiger partial charge < -0.3 is 10.3 Å². The predicted octanol–water partition coefficient (Wildman–Crippen LogP) is 3.06. The average Bonchev–Trinajstić information content (AvgIpc) is 2.71. The van der Waals surface area contributed by atoms with Crippen LogP contribution in [-0.4, -0.2) is 19.4 Å². The Bertz CT molecular complexity index is 1350. The van der Waals surface area contributed by atoms with Crippen molar-refractivity contribution in [3.63, 3.8) is 0 Å². The summed E-state index contributed by atoms with van der Waals surface area (Å²) >= 11 is 0. The number of aromatic amines is 1. The molecular formula is C21H18F2N4O3S. The van der Waals surface area contributed by atoms with Crippen molar-refractivity contribution in [1.29, 1.82) is 0 Å². The Morgan fingerprint density at radius 2 is 1.77 bits per heavy atom. The Morgan fingerprint density at radius 3 is 2.52 bits per heavy atom. The van der Waals surface area contributed by atoms with Crippen molar-refractivity contribution in [2.45, 2.75) is 24.3 Å². The Kier molecular flexibility index (Phi) is 5.32. The highest BCUT2D eigenvalue weighted by atomic mass is 32.2. The van der Waals surface area contributed by atoms with Gasteiger partial charge in [0, 0.05) is 23.2 Å². The number of aromatic nitrogens is 1. The number of fused-ring (bicyclic) bond motifs is 1. The molecule has 0 fully saturated rings. The van der Waals surface area contributed by atoms with Gasteiger partial charge in [0.15, 0.2) is 0 Å². The molecule has 2 heterocycles. The van der Waals surface area contributed by atoms with Gasteiger partial charge in [-0.1, -0.05) is 31.2 Å². The molecule has 0 saturated heterocycles. The van der Waals surface area contributed by atoms with E-state index in [2.05, 4.69) is 20.0 Å². The molecule has 1 aliphatic rings. The summed E-state index contributed by atoms with van der Waals surface area (Å²) in [7, 11) is -4.04. The van der Waals surface area contributed by atoms with Gasteiger partial charge in [-0.3, -0.25) is 4.79 Å². The molecule has 2 aromatic carbocycles. The highest BCUT2D eigenvalue weighted by Gasteiger charge is 2.32. The number of sulfonamides is 1. The van der Waals surface area contributed by atoms with Crippen molar-refractivity contribution in [3.8, 4) is 0 Å². The largest absolute Gasteiger partial charge is 0.324 e. The van der Waals surface area contributed by atoms with E-state index >= 15 is 0 Å². The van der Waals surface area contributed by atoms with Gasteiger partial charge in [-0.25, -0.2) is 26.9 Å². The van der Waals surface area contributed by atoms with Gasteiger partial charge in [-0.2, -0.15) is 0 Å². The molecule has 0 aliphatic carbocycles. The van der Waals surface area contributed by atoms with E-state index in [1.165, 1.54) is 24.3 Å². The van der Waals surface area contributed by atoms with E-state index in [0.717, 1.165) is 12.1 Å². The third-order valence-electron chi connectivity index (χ3n) is 4.96. The van der Waals surface area contributed by atoms with Crippen molar-refractivity contribution >= 4 is 21.7 Å². The summed E-state index contributed by atoms with van der Waals surface area (Å²) in [5, 5.41) is 2.82. The number of pyridine rings is 1. The van der Waals surface area contributed by atoms with E-state index in [-0.39, 0.29) is 39.8 Å². The first kappa shape index (κ1) is 20.7.